The average Bonchev–Trinajstić information content (AvgIpc) is 3.00. The second kappa shape index (κ2) is 6.62. The van der Waals surface area contributed by atoms with E-state index in [1.54, 1.807) is 6.07 Å². The first kappa shape index (κ1) is 18.8. The lowest BCUT2D eigenvalue weighted by molar-refractivity contribution is -0.275. The van der Waals surface area contributed by atoms with Gasteiger partial charge in [-0.3, -0.25) is 0 Å². The number of aromatic nitrogens is 1. The number of halogens is 6. The third kappa shape index (κ3) is 3.20. The highest BCUT2D eigenvalue weighted by Gasteiger charge is 2.62. The second-order valence-electron chi connectivity index (χ2n) is 5.46. The summed E-state index contributed by atoms with van der Waals surface area (Å²) in [5.74, 6) is 0. The van der Waals surface area contributed by atoms with Crippen LogP contribution in [0.4, 0.5) is 13.2 Å². The minimum absolute atomic E-state index is 0.00279. The lowest BCUT2D eigenvalue weighted by atomic mass is 9.87. The standard InChI is InChI=1S/C16H7Cl3F3N3O/c17-10-2-9(3-11(18)4-10)15(16(20,21)22)5-13(25-26-15)8-1-12(19)14(6-23)24-7-8/h1-4,7H,5H2. The van der Waals surface area contributed by atoms with Gasteiger partial charge in [-0.05, 0) is 24.3 Å². The Morgan fingerprint density at radius 2 is 1.77 bits per heavy atom. The molecule has 26 heavy (non-hydrogen) atoms. The van der Waals surface area contributed by atoms with E-state index in [-0.39, 0.29) is 37.6 Å². The van der Waals surface area contributed by atoms with Crippen molar-refractivity contribution in [1.29, 1.82) is 5.26 Å². The number of hydrogen-bond acceptors (Lipinski definition) is 4. The molecule has 1 aromatic carbocycles. The molecule has 1 atom stereocenters. The summed E-state index contributed by atoms with van der Waals surface area (Å²) in [6, 6.07) is 6.65. The van der Waals surface area contributed by atoms with Crippen LogP contribution in [0.5, 0.6) is 0 Å². The summed E-state index contributed by atoms with van der Waals surface area (Å²) in [5, 5.41) is 12.5. The maximum absolute atomic E-state index is 13.9. The van der Waals surface area contributed by atoms with Crippen LogP contribution in [0.3, 0.4) is 0 Å². The Kier molecular flexibility index (Phi) is 4.78. The van der Waals surface area contributed by atoms with Crippen molar-refractivity contribution in [3.63, 3.8) is 0 Å². The van der Waals surface area contributed by atoms with Crippen molar-refractivity contribution in [3.8, 4) is 6.07 Å². The Bertz CT molecular complexity index is 936. The van der Waals surface area contributed by atoms with E-state index in [9.17, 15) is 13.2 Å². The minimum atomic E-state index is -4.80. The summed E-state index contributed by atoms with van der Waals surface area (Å²) < 4.78 is 41.6. The van der Waals surface area contributed by atoms with Crippen LogP contribution >= 0.6 is 34.8 Å². The van der Waals surface area contributed by atoms with E-state index in [0.717, 1.165) is 12.1 Å². The smallest absolute Gasteiger partial charge is 0.374 e. The van der Waals surface area contributed by atoms with E-state index in [1.165, 1.54) is 18.3 Å². The third-order valence-corrected chi connectivity index (χ3v) is 4.52. The molecule has 0 N–H and O–H groups in total. The summed E-state index contributed by atoms with van der Waals surface area (Å²) >= 11 is 17.6. The predicted octanol–water partition coefficient (Wildman–Crippen LogP) is 5.50. The quantitative estimate of drug-likeness (QED) is 0.645. The van der Waals surface area contributed by atoms with Gasteiger partial charge in [-0.2, -0.15) is 18.4 Å². The molecular formula is C16H7Cl3F3N3O. The Morgan fingerprint density at radius 3 is 2.31 bits per heavy atom. The molecule has 0 saturated carbocycles. The van der Waals surface area contributed by atoms with Crippen LogP contribution in [0.1, 0.15) is 23.2 Å². The highest BCUT2D eigenvalue weighted by atomic mass is 35.5. The van der Waals surface area contributed by atoms with Crippen LogP contribution in [0, 0.1) is 11.3 Å². The fourth-order valence-electron chi connectivity index (χ4n) is 2.52. The Balaban J connectivity index is 2.04. The zero-order chi connectivity index (χ0) is 19.1. The number of rotatable bonds is 2. The number of nitriles is 1. The van der Waals surface area contributed by atoms with E-state index in [1.807, 2.05) is 0 Å². The second-order valence-corrected chi connectivity index (χ2v) is 6.74. The van der Waals surface area contributed by atoms with E-state index in [4.69, 9.17) is 44.9 Å². The number of nitrogens with zero attached hydrogens (tertiary/aromatic N) is 3. The molecule has 0 fully saturated rings. The molecule has 2 heterocycles. The SMILES string of the molecule is N#Cc1ncc(C2=NOC(c3cc(Cl)cc(Cl)c3)(C(F)(F)F)C2)cc1Cl. The van der Waals surface area contributed by atoms with Gasteiger partial charge in [0.15, 0.2) is 5.69 Å². The van der Waals surface area contributed by atoms with Crippen molar-refractivity contribution in [1.82, 2.24) is 4.98 Å². The summed E-state index contributed by atoms with van der Waals surface area (Å²) in [6.45, 7) is 0. The van der Waals surface area contributed by atoms with E-state index >= 15 is 0 Å². The molecule has 0 saturated heterocycles. The maximum atomic E-state index is 13.9. The minimum Gasteiger partial charge on any atom is -0.374 e. The highest BCUT2D eigenvalue weighted by molar-refractivity contribution is 6.34. The number of alkyl halides is 3. The zero-order valence-electron chi connectivity index (χ0n) is 12.6. The van der Waals surface area contributed by atoms with Gasteiger partial charge < -0.3 is 4.84 Å². The number of hydrogen-bond donors (Lipinski definition) is 0. The predicted molar refractivity (Wildman–Crippen MR) is 90.4 cm³/mol. The first-order valence-electron chi connectivity index (χ1n) is 7.00. The molecule has 0 spiro atoms. The molecule has 0 aliphatic carbocycles. The molecule has 0 bridgehead atoms. The van der Waals surface area contributed by atoms with Crippen LogP contribution < -0.4 is 0 Å². The normalized spacial score (nSPS) is 19.7. The van der Waals surface area contributed by atoms with Crippen molar-refractivity contribution in [2.45, 2.75) is 18.2 Å². The van der Waals surface area contributed by atoms with Crippen molar-refractivity contribution < 1.29 is 18.0 Å². The molecular weight excluding hydrogens is 414 g/mol. The molecule has 1 aliphatic rings. The molecule has 10 heteroatoms. The first-order valence-corrected chi connectivity index (χ1v) is 8.14. The lowest BCUT2D eigenvalue weighted by Gasteiger charge is -2.29. The van der Waals surface area contributed by atoms with E-state index < -0.39 is 18.2 Å². The average molecular weight is 421 g/mol. The summed E-state index contributed by atoms with van der Waals surface area (Å²) in [6.07, 6.45) is -4.21. The van der Waals surface area contributed by atoms with Crippen molar-refractivity contribution in [3.05, 3.63) is 62.4 Å². The van der Waals surface area contributed by atoms with Gasteiger partial charge in [0.2, 0.25) is 0 Å². The third-order valence-electron chi connectivity index (χ3n) is 3.80. The molecule has 0 radical (unpaired) electrons. The Morgan fingerprint density at radius 1 is 1.12 bits per heavy atom. The van der Waals surface area contributed by atoms with Gasteiger partial charge in [-0.1, -0.05) is 40.0 Å². The van der Waals surface area contributed by atoms with Gasteiger partial charge in [0.25, 0.3) is 5.60 Å². The van der Waals surface area contributed by atoms with Crippen molar-refractivity contribution in [2.75, 3.05) is 0 Å². The largest absolute Gasteiger partial charge is 0.435 e. The highest BCUT2D eigenvalue weighted by Crippen LogP contribution is 2.49. The summed E-state index contributed by atoms with van der Waals surface area (Å²) in [5.41, 5.74) is -2.85. The zero-order valence-corrected chi connectivity index (χ0v) is 14.9. The fourth-order valence-corrected chi connectivity index (χ4v) is 3.26. The summed E-state index contributed by atoms with van der Waals surface area (Å²) in [4.78, 5) is 8.67. The number of benzene rings is 1. The molecule has 4 nitrogen and oxygen atoms in total. The van der Waals surface area contributed by atoms with Gasteiger partial charge >= 0.3 is 6.18 Å². The molecule has 3 rings (SSSR count). The lowest BCUT2D eigenvalue weighted by Crippen LogP contribution is -2.42. The monoisotopic (exact) mass is 419 g/mol. The number of pyridine rings is 1. The number of oxime groups is 1. The van der Waals surface area contributed by atoms with E-state index in [0.29, 0.717) is 0 Å². The fraction of sp³-hybridized carbons (Fsp3) is 0.188. The van der Waals surface area contributed by atoms with Crippen LogP contribution in [-0.4, -0.2) is 16.9 Å². The molecule has 1 unspecified atom stereocenters. The maximum Gasteiger partial charge on any atom is 0.435 e. The van der Waals surface area contributed by atoms with Gasteiger partial charge in [-0.25, -0.2) is 4.98 Å². The molecule has 0 amide bonds. The van der Waals surface area contributed by atoms with Gasteiger partial charge in [-0.15, -0.1) is 0 Å². The van der Waals surface area contributed by atoms with E-state index in [2.05, 4.69) is 10.1 Å². The van der Waals surface area contributed by atoms with Crippen LogP contribution in [-0.2, 0) is 10.4 Å². The van der Waals surface area contributed by atoms with Gasteiger partial charge in [0, 0.05) is 27.4 Å². The van der Waals surface area contributed by atoms with Crippen LogP contribution in [0.2, 0.25) is 15.1 Å². The van der Waals surface area contributed by atoms with Crippen LogP contribution in [0.15, 0.2) is 35.6 Å². The molecule has 2 aromatic rings. The molecule has 1 aromatic heterocycles. The summed E-state index contributed by atoms with van der Waals surface area (Å²) in [7, 11) is 0. The van der Waals surface area contributed by atoms with Crippen molar-refractivity contribution >= 4 is 40.5 Å². The van der Waals surface area contributed by atoms with Gasteiger partial charge in [0.1, 0.15) is 6.07 Å². The Hall–Kier alpha value is -2.01. The van der Waals surface area contributed by atoms with Crippen molar-refractivity contribution in [2.24, 2.45) is 5.16 Å². The molecule has 1 aliphatic heterocycles. The van der Waals surface area contributed by atoms with Crippen LogP contribution in [0.25, 0.3) is 0 Å². The first-order chi connectivity index (χ1) is 12.2. The molecule has 134 valence electrons. The Labute approximate surface area is 160 Å². The topological polar surface area (TPSA) is 58.3 Å². The van der Waals surface area contributed by atoms with Gasteiger partial charge in [0.05, 0.1) is 17.2 Å².